The molecule has 0 fully saturated rings. The van der Waals surface area contributed by atoms with Gasteiger partial charge in [0.15, 0.2) is 0 Å². The summed E-state index contributed by atoms with van der Waals surface area (Å²) in [6.45, 7) is 6.64. The van der Waals surface area contributed by atoms with Gasteiger partial charge in [0, 0.05) is 36.0 Å². The molecule has 4 heteroatoms. The highest BCUT2D eigenvalue weighted by atomic mass is 16.3. The molecule has 0 aromatic carbocycles. The number of aliphatic hydroxyl groups is 1. The van der Waals surface area contributed by atoms with Crippen molar-refractivity contribution in [2.24, 2.45) is 0 Å². The lowest BCUT2D eigenvalue weighted by Gasteiger charge is -2.22. The zero-order valence-electron chi connectivity index (χ0n) is 12.1. The lowest BCUT2D eigenvalue weighted by molar-refractivity contribution is -0.122. The summed E-state index contributed by atoms with van der Waals surface area (Å²) < 4.78 is 2.11. The third kappa shape index (κ3) is 3.60. The van der Waals surface area contributed by atoms with Gasteiger partial charge in [-0.25, -0.2) is 0 Å². The number of rotatable bonds is 3. The van der Waals surface area contributed by atoms with Gasteiger partial charge in [-0.2, -0.15) is 0 Å². The van der Waals surface area contributed by atoms with Gasteiger partial charge in [0.05, 0.1) is 6.10 Å². The highest BCUT2D eigenvalue weighted by molar-refractivity contribution is 5.76. The van der Waals surface area contributed by atoms with Gasteiger partial charge in [0.25, 0.3) is 0 Å². The first-order valence-corrected chi connectivity index (χ1v) is 7.04. The van der Waals surface area contributed by atoms with E-state index in [2.05, 4.69) is 9.88 Å². The van der Waals surface area contributed by atoms with Crippen molar-refractivity contribution in [2.75, 3.05) is 0 Å². The van der Waals surface area contributed by atoms with Gasteiger partial charge in [-0.05, 0) is 46.1 Å². The number of hydrogen-bond donors (Lipinski definition) is 2. The van der Waals surface area contributed by atoms with Gasteiger partial charge in [-0.1, -0.05) is 0 Å². The minimum absolute atomic E-state index is 0.0753. The second-order valence-electron chi connectivity index (χ2n) is 6.37. The van der Waals surface area contributed by atoms with Crippen LogP contribution in [0.5, 0.6) is 0 Å². The first-order chi connectivity index (χ1) is 8.87. The smallest absolute Gasteiger partial charge is 0.222 e. The normalized spacial score (nSPS) is 19.1. The SMILES string of the molecule is CC(C)(C)NC(=O)CCn1ccc2c1CCCC2O. The predicted octanol–water partition coefficient (Wildman–Crippen LogP) is 2.16. The fourth-order valence-corrected chi connectivity index (χ4v) is 2.64. The van der Waals surface area contributed by atoms with E-state index in [1.807, 2.05) is 33.0 Å². The number of carbonyl (C=O) groups is 1. The van der Waals surface area contributed by atoms with E-state index in [-0.39, 0.29) is 17.6 Å². The van der Waals surface area contributed by atoms with Crippen LogP contribution >= 0.6 is 0 Å². The molecule has 1 amide bonds. The molecule has 2 N–H and O–H groups in total. The summed E-state index contributed by atoms with van der Waals surface area (Å²) >= 11 is 0. The first kappa shape index (κ1) is 14.1. The first-order valence-electron chi connectivity index (χ1n) is 7.04. The predicted molar refractivity (Wildman–Crippen MR) is 74.8 cm³/mol. The average molecular weight is 264 g/mol. The van der Waals surface area contributed by atoms with Gasteiger partial charge in [0.2, 0.25) is 5.91 Å². The molecule has 2 rings (SSSR count). The van der Waals surface area contributed by atoms with Crippen LogP contribution < -0.4 is 5.32 Å². The van der Waals surface area contributed by atoms with Gasteiger partial charge >= 0.3 is 0 Å². The highest BCUT2D eigenvalue weighted by Gasteiger charge is 2.21. The number of nitrogens with one attached hydrogen (secondary N) is 1. The number of aryl methyl sites for hydroxylation is 1. The molecular weight excluding hydrogens is 240 g/mol. The van der Waals surface area contributed by atoms with Crippen molar-refractivity contribution in [1.82, 2.24) is 9.88 Å². The molecule has 1 aromatic heterocycles. The Morgan fingerprint density at radius 2 is 2.26 bits per heavy atom. The minimum Gasteiger partial charge on any atom is -0.388 e. The van der Waals surface area contributed by atoms with Crippen LogP contribution in [0.15, 0.2) is 12.3 Å². The molecule has 0 spiro atoms. The molecule has 1 aromatic rings. The fraction of sp³-hybridized carbons (Fsp3) is 0.667. The van der Waals surface area contributed by atoms with Crippen LogP contribution in [-0.2, 0) is 17.8 Å². The summed E-state index contributed by atoms with van der Waals surface area (Å²) in [5, 5.41) is 12.9. The molecule has 4 nitrogen and oxygen atoms in total. The number of hydrogen-bond acceptors (Lipinski definition) is 2. The molecule has 1 aliphatic rings. The van der Waals surface area contributed by atoms with Crippen molar-refractivity contribution < 1.29 is 9.90 Å². The number of carbonyl (C=O) groups excluding carboxylic acids is 1. The van der Waals surface area contributed by atoms with Crippen LogP contribution in [0.1, 0.15) is 57.4 Å². The van der Waals surface area contributed by atoms with Crippen LogP contribution in [0.4, 0.5) is 0 Å². The summed E-state index contributed by atoms with van der Waals surface area (Å²) in [6, 6.07) is 1.99. The quantitative estimate of drug-likeness (QED) is 0.879. The van der Waals surface area contributed by atoms with E-state index >= 15 is 0 Å². The lowest BCUT2D eigenvalue weighted by atomic mass is 9.95. The van der Waals surface area contributed by atoms with Crippen molar-refractivity contribution in [2.45, 2.75) is 64.6 Å². The Kier molecular flexibility index (Phi) is 3.99. The molecule has 106 valence electrons. The van der Waals surface area contributed by atoms with E-state index < -0.39 is 0 Å². The maximum Gasteiger partial charge on any atom is 0.222 e. The van der Waals surface area contributed by atoms with Crippen molar-refractivity contribution in [3.8, 4) is 0 Å². The molecule has 0 saturated heterocycles. The monoisotopic (exact) mass is 264 g/mol. The third-order valence-corrected chi connectivity index (χ3v) is 3.46. The zero-order valence-corrected chi connectivity index (χ0v) is 12.1. The number of aliphatic hydroxyl groups excluding tert-OH is 1. The molecule has 0 saturated carbocycles. The standard InChI is InChI=1S/C15H24N2O2/c1-15(2,3)16-14(19)8-10-17-9-7-11-12(17)5-4-6-13(11)18/h7,9,13,18H,4-6,8,10H2,1-3H3,(H,16,19). The summed E-state index contributed by atoms with van der Waals surface area (Å²) in [6.07, 6.45) is 5.01. The second-order valence-corrected chi connectivity index (χ2v) is 6.37. The van der Waals surface area contributed by atoms with E-state index in [9.17, 15) is 9.90 Å². The Morgan fingerprint density at radius 1 is 1.53 bits per heavy atom. The number of nitrogens with zero attached hydrogens (tertiary/aromatic N) is 1. The van der Waals surface area contributed by atoms with Crippen LogP contribution in [0.3, 0.4) is 0 Å². The van der Waals surface area contributed by atoms with Crippen molar-refractivity contribution in [1.29, 1.82) is 0 Å². The van der Waals surface area contributed by atoms with Gasteiger partial charge in [-0.15, -0.1) is 0 Å². The Labute approximate surface area is 114 Å². The second kappa shape index (κ2) is 5.37. The topological polar surface area (TPSA) is 54.3 Å². The van der Waals surface area contributed by atoms with Crippen molar-refractivity contribution >= 4 is 5.91 Å². The van der Waals surface area contributed by atoms with E-state index in [4.69, 9.17) is 0 Å². The van der Waals surface area contributed by atoms with Gasteiger partial charge in [-0.3, -0.25) is 4.79 Å². The Bertz CT molecular complexity index is 457. The highest BCUT2D eigenvalue weighted by Crippen LogP contribution is 2.30. The summed E-state index contributed by atoms with van der Waals surface area (Å²) in [7, 11) is 0. The molecular formula is C15H24N2O2. The van der Waals surface area contributed by atoms with Crippen LogP contribution in [0, 0.1) is 0 Å². The Morgan fingerprint density at radius 3 is 2.95 bits per heavy atom. The fourth-order valence-electron chi connectivity index (χ4n) is 2.64. The third-order valence-electron chi connectivity index (χ3n) is 3.46. The van der Waals surface area contributed by atoms with Crippen LogP contribution in [0.2, 0.25) is 0 Å². The van der Waals surface area contributed by atoms with Crippen LogP contribution in [-0.4, -0.2) is 21.1 Å². The molecule has 1 unspecified atom stereocenters. The molecule has 1 aliphatic carbocycles. The maximum absolute atomic E-state index is 11.8. The number of aromatic nitrogens is 1. The van der Waals surface area contributed by atoms with E-state index in [1.54, 1.807) is 0 Å². The Balaban J connectivity index is 1.96. The molecule has 0 bridgehead atoms. The van der Waals surface area contributed by atoms with E-state index in [0.717, 1.165) is 24.8 Å². The van der Waals surface area contributed by atoms with Gasteiger partial charge in [0.1, 0.15) is 0 Å². The average Bonchev–Trinajstić information content (AvgIpc) is 2.69. The summed E-state index contributed by atoms with van der Waals surface area (Å²) in [4.78, 5) is 11.8. The molecule has 0 radical (unpaired) electrons. The lowest BCUT2D eigenvalue weighted by Crippen LogP contribution is -2.40. The summed E-state index contributed by atoms with van der Waals surface area (Å²) in [5.74, 6) is 0.0753. The molecule has 1 heterocycles. The van der Waals surface area contributed by atoms with Crippen molar-refractivity contribution in [3.05, 3.63) is 23.5 Å². The van der Waals surface area contributed by atoms with E-state index in [0.29, 0.717) is 13.0 Å². The molecule has 1 atom stereocenters. The number of fused-ring (bicyclic) bond motifs is 1. The maximum atomic E-state index is 11.8. The summed E-state index contributed by atoms with van der Waals surface area (Å²) in [5.41, 5.74) is 2.06. The van der Waals surface area contributed by atoms with Crippen LogP contribution in [0.25, 0.3) is 0 Å². The van der Waals surface area contributed by atoms with Gasteiger partial charge < -0.3 is 15.0 Å². The Hall–Kier alpha value is -1.29. The van der Waals surface area contributed by atoms with E-state index in [1.165, 1.54) is 5.69 Å². The zero-order chi connectivity index (χ0) is 14.0. The molecule has 0 aliphatic heterocycles. The number of amides is 1. The minimum atomic E-state index is -0.326. The largest absolute Gasteiger partial charge is 0.388 e. The van der Waals surface area contributed by atoms with Crippen molar-refractivity contribution in [3.63, 3.8) is 0 Å². The molecule has 19 heavy (non-hydrogen) atoms.